The van der Waals surface area contributed by atoms with Crippen LogP contribution in [-0.4, -0.2) is 38.7 Å². The largest absolute Gasteiger partial charge is 0.459 e. The van der Waals surface area contributed by atoms with Crippen molar-refractivity contribution in [2.75, 3.05) is 13.1 Å². The van der Waals surface area contributed by atoms with Crippen LogP contribution in [0.5, 0.6) is 0 Å². The molecule has 3 heterocycles. The second-order valence-corrected chi connectivity index (χ2v) is 7.31. The minimum absolute atomic E-state index is 0.246. The van der Waals surface area contributed by atoms with Gasteiger partial charge in [-0.2, -0.15) is 0 Å². The number of carbonyl (C=O) groups excluding carboxylic acids is 1. The minimum atomic E-state index is -0.248. The van der Waals surface area contributed by atoms with Crippen LogP contribution in [0.15, 0.2) is 47.1 Å². The third kappa shape index (κ3) is 3.99. The van der Waals surface area contributed by atoms with Gasteiger partial charge < -0.3 is 14.3 Å². The summed E-state index contributed by atoms with van der Waals surface area (Å²) in [4.78, 5) is 14.7. The summed E-state index contributed by atoms with van der Waals surface area (Å²) in [5.41, 5.74) is 2.60. The molecule has 0 aliphatic carbocycles. The number of aryl methyl sites for hydroxylation is 1. The lowest BCUT2D eigenvalue weighted by Gasteiger charge is -2.20. The normalized spacial score (nSPS) is 15.6. The summed E-state index contributed by atoms with van der Waals surface area (Å²) in [6.45, 7) is 7.63. The number of fused-ring (bicyclic) bond motifs is 1. The van der Waals surface area contributed by atoms with Crippen LogP contribution in [0.4, 0.5) is 0 Å². The molecule has 3 aromatic rings. The smallest absolute Gasteiger partial charge is 0.287 e. The molecule has 4 rings (SSSR count). The zero-order valence-corrected chi connectivity index (χ0v) is 16.3. The van der Waals surface area contributed by atoms with Gasteiger partial charge in [0.2, 0.25) is 0 Å². The first-order valence-corrected chi connectivity index (χ1v) is 9.64. The molecular formula is C21H25N5O2. The van der Waals surface area contributed by atoms with E-state index in [1.165, 1.54) is 17.4 Å². The predicted molar refractivity (Wildman–Crippen MR) is 105 cm³/mol. The van der Waals surface area contributed by atoms with Gasteiger partial charge >= 0.3 is 0 Å². The standard InChI is InChI=1S/C21H25N5O2/c1-15-5-7-17(8-6-15)14-25-10-9-19-23-24-20(26(19)12-11-25)16(2)22-21(27)18-4-3-13-28-18/h3-8,13,16H,9-12,14H2,1-2H3,(H,22,27). The lowest BCUT2D eigenvalue weighted by atomic mass is 10.1. The van der Waals surface area contributed by atoms with Crippen LogP contribution in [0.1, 0.15) is 46.3 Å². The van der Waals surface area contributed by atoms with Crippen LogP contribution in [-0.2, 0) is 19.5 Å². The lowest BCUT2D eigenvalue weighted by Crippen LogP contribution is -2.30. The number of carbonyl (C=O) groups is 1. The van der Waals surface area contributed by atoms with Crippen molar-refractivity contribution in [3.05, 3.63) is 71.2 Å². The molecule has 0 fully saturated rings. The van der Waals surface area contributed by atoms with E-state index in [1.54, 1.807) is 12.1 Å². The van der Waals surface area contributed by atoms with E-state index >= 15 is 0 Å². The van der Waals surface area contributed by atoms with Crippen molar-refractivity contribution in [2.24, 2.45) is 0 Å². The molecule has 1 aliphatic heterocycles. The molecule has 7 nitrogen and oxygen atoms in total. The van der Waals surface area contributed by atoms with Gasteiger partial charge in [0, 0.05) is 32.6 Å². The first-order chi connectivity index (χ1) is 13.6. The van der Waals surface area contributed by atoms with Crippen LogP contribution in [0.25, 0.3) is 0 Å². The number of benzene rings is 1. The Labute approximate surface area is 164 Å². The molecule has 0 saturated carbocycles. The Bertz CT molecular complexity index is 930. The third-order valence-electron chi connectivity index (χ3n) is 5.15. The third-order valence-corrected chi connectivity index (χ3v) is 5.15. The fourth-order valence-electron chi connectivity index (χ4n) is 3.56. The fraction of sp³-hybridized carbons (Fsp3) is 0.381. The topological polar surface area (TPSA) is 76.2 Å². The molecule has 0 spiro atoms. The van der Waals surface area contributed by atoms with E-state index in [1.807, 2.05) is 6.92 Å². The van der Waals surface area contributed by atoms with Crippen molar-refractivity contribution in [3.8, 4) is 0 Å². The van der Waals surface area contributed by atoms with Gasteiger partial charge in [0.05, 0.1) is 12.3 Å². The molecule has 146 valence electrons. The molecule has 28 heavy (non-hydrogen) atoms. The predicted octanol–water partition coefficient (Wildman–Crippen LogP) is 2.73. The molecule has 1 unspecified atom stereocenters. The van der Waals surface area contributed by atoms with Gasteiger partial charge in [-0.25, -0.2) is 0 Å². The Balaban J connectivity index is 1.41. The first-order valence-electron chi connectivity index (χ1n) is 9.64. The van der Waals surface area contributed by atoms with Crippen molar-refractivity contribution in [1.82, 2.24) is 25.0 Å². The van der Waals surface area contributed by atoms with Crippen molar-refractivity contribution >= 4 is 5.91 Å². The van der Waals surface area contributed by atoms with Crippen molar-refractivity contribution < 1.29 is 9.21 Å². The molecule has 1 atom stereocenters. The Hall–Kier alpha value is -2.93. The summed E-state index contributed by atoms with van der Waals surface area (Å²) >= 11 is 0. The Morgan fingerprint density at radius 2 is 2.00 bits per heavy atom. The minimum Gasteiger partial charge on any atom is -0.459 e. The first kappa shape index (κ1) is 18.4. The van der Waals surface area contributed by atoms with E-state index in [9.17, 15) is 4.79 Å². The summed E-state index contributed by atoms with van der Waals surface area (Å²) in [7, 11) is 0. The molecule has 2 aromatic heterocycles. The van der Waals surface area contributed by atoms with E-state index in [4.69, 9.17) is 4.42 Å². The SMILES string of the molecule is Cc1ccc(CN2CCc3nnc(C(C)NC(=O)c4ccco4)n3CC2)cc1. The maximum atomic E-state index is 12.3. The van der Waals surface area contributed by atoms with Crippen LogP contribution in [0.2, 0.25) is 0 Å². The van der Waals surface area contributed by atoms with Gasteiger partial charge in [-0.3, -0.25) is 9.69 Å². The average Bonchev–Trinajstić information content (AvgIpc) is 3.32. The van der Waals surface area contributed by atoms with E-state index in [2.05, 4.69) is 56.2 Å². The van der Waals surface area contributed by atoms with E-state index in [0.717, 1.165) is 44.2 Å². The molecule has 0 radical (unpaired) electrons. The van der Waals surface area contributed by atoms with Crippen LogP contribution in [0, 0.1) is 6.92 Å². The fourth-order valence-corrected chi connectivity index (χ4v) is 3.56. The second kappa shape index (κ2) is 7.98. The Morgan fingerprint density at radius 1 is 1.18 bits per heavy atom. The highest BCUT2D eigenvalue weighted by Crippen LogP contribution is 2.17. The molecule has 1 aromatic carbocycles. The van der Waals surface area contributed by atoms with E-state index < -0.39 is 0 Å². The van der Waals surface area contributed by atoms with Crippen molar-refractivity contribution in [2.45, 2.75) is 39.4 Å². The van der Waals surface area contributed by atoms with E-state index in [-0.39, 0.29) is 11.9 Å². The average molecular weight is 379 g/mol. The van der Waals surface area contributed by atoms with Gasteiger partial charge in [0.1, 0.15) is 5.82 Å². The number of rotatable bonds is 5. The number of hydrogen-bond donors (Lipinski definition) is 1. The monoisotopic (exact) mass is 379 g/mol. The highest BCUT2D eigenvalue weighted by atomic mass is 16.3. The van der Waals surface area contributed by atoms with E-state index in [0.29, 0.717) is 5.76 Å². The highest BCUT2D eigenvalue weighted by molar-refractivity contribution is 5.91. The summed E-state index contributed by atoms with van der Waals surface area (Å²) in [6, 6.07) is 11.8. The zero-order chi connectivity index (χ0) is 19.5. The van der Waals surface area contributed by atoms with Gasteiger partial charge in [-0.05, 0) is 31.5 Å². The summed E-state index contributed by atoms with van der Waals surface area (Å²) in [5, 5.41) is 11.7. The summed E-state index contributed by atoms with van der Waals surface area (Å²) in [6.07, 6.45) is 2.34. The lowest BCUT2D eigenvalue weighted by molar-refractivity contribution is 0.0909. The summed E-state index contributed by atoms with van der Waals surface area (Å²) < 4.78 is 7.30. The number of aromatic nitrogens is 3. The Morgan fingerprint density at radius 3 is 2.75 bits per heavy atom. The number of amides is 1. The van der Waals surface area contributed by atoms with Crippen molar-refractivity contribution in [1.29, 1.82) is 0 Å². The molecule has 0 bridgehead atoms. The molecule has 1 amide bonds. The number of hydrogen-bond acceptors (Lipinski definition) is 5. The molecule has 1 aliphatic rings. The molecule has 1 N–H and O–H groups in total. The quantitative estimate of drug-likeness (QED) is 0.738. The zero-order valence-electron chi connectivity index (χ0n) is 16.3. The maximum Gasteiger partial charge on any atom is 0.287 e. The van der Waals surface area contributed by atoms with Gasteiger partial charge in [0.25, 0.3) is 5.91 Å². The van der Waals surface area contributed by atoms with Gasteiger partial charge in [-0.15, -0.1) is 10.2 Å². The van der Waals surface area contributed by atoms with Crippen LogP contribution in [0.3, 0.4) is 0 Å². The molecular weight excluding hydrogens is 354 g/mol. The number of nitrogens with zero attached hydrogens (tertiary/aromatic N) is 4. The second-order valence-electron chi connectivity index (χ2n) is 7.31. The maximum absolute atomic E-state index is 12.3. The molecule has 7 heteroatoms. The highest BCUT2D eigenvalue weighted by Gasteiger charge is 2.23. The van der Waals surface area contributed by atoms with Crippen LogP contribution >= 0.6 is 0 Å². The number of nitrogens with one attached hydrogen (secondary N) is 1. The van der Waals surface area contributed by atoms with Gasteiger partial charge in [0.15, 0.2) is 11.6 Å². The summed E-state index contributed by atoms with van der Waals surface area (Å²) in [5.74, 6) is 1.81. The van der Waals surface area contributed by atoms with Gasteiger partial charge in [-0.1, -0.05) is 29.8 Å². The number of furan rings is 1. The molecule has 0 saturated heterocycles. The van der Waals surface area contributed by atoms with Crippen LogP contribution < -0.4 is 5.32 Å². The van der Waals surface area contributed by atoms with Crippen molar-refractivity contribution in [3.63, 3.8) is 0 Å². The Kier molecular flexibility index (Phi) is 5.25.